The molecule has 136 valence electrons. The van der Waals surface area contributed by atoms with Gasteiger partial charge in [0.05, 0.1) is 11.1 Å². The van der Waals surface area contributed by atoms with Crippen molar-refractivity contribution in [2.45, 2.75) is 38.1 Å². The van der Waals surface area contributed by atoms with E-state index in [0.717, 1.165) is 45.5 Å². The van der Waals surface area contributed by atoms with Gasteiger partial charge in [0.1, 0.15) is 5.76 Å². The van der Waals surface area contributed by atoms with E-state index < -0.39 is 0 Å². The molecule has 1 aromatic heterocycles. The molecule has 0 amide bonds. The van der Waals surface area contributed by atoms with Gasteiger partial charge in [0.25, 0.3) is 0 Å². The van der Waals surface area contributed by atoms with E-state index in [9.17, 15) is 4.79 Å². The lowest BCUT2D eigenvalue weighted by molar-refractivity contribution is 0.104. The number of carbonyl (C=O) groups excluding carboxylic acids is 1. The van der Waals surface area contributed by atoms with Gasteiger partial charge in [-0.15, -0.1) is 0 Å². The third-order valence-electron chi connectivity index (χ3n) is 5.62. The zero-order chi connectivity index (χ0) is 18.4. The Bertz CT molecular complexity index is 1010. The molecular weight excluding hydrogens is 402 g/mol. The second kappa shape index (κ2) is 6.68. The van der Waals surface area contributed by atoms with E-state index in [2.05, 4.69) is 21.2 Å². The highest BCUT2D eigenvalue weighted by Crippen LogP contribution is 2.48. The smallest absolute Gasteiger partial charge is 0.202 e. The first-order valence-corrected chi connectivity index (χ1v) is 10.3. The largest absolute Gasteiger partial charge is 0.439 e. The molecule has 27 heavy (non-hydrogen) atoms. The van der Waals surface area contributed by atoms with Crippen molar-refractivity contribution in [1.82, 2.24) is 0 Å². The van der Waals surface area contributed by atoms with Gasteiger partial charge < -0.3 is 9.73 Å². The van der Waals surface area contributed by atoms with Crippen molar-refractivity contribution >= 4 is 27.6 Å². The number of fused-ring (bicyclic) bond motifs is 3. The van der Waals surface area contributed by atoms with Gasteiger partial charge in [0.15, 0.2) is 5.78 Å². The summed E-state index contributed by atoms with van der Waals surface area (Å²) >= 11 is 3.48. The third-order valence-corrected chi connectivity index (χ3v) is 6.15. The highest BCUT2D eigenvalue weighted by Gasteiger charge is 2.36. The van der Waals surface area contributed by atoms with E-state index in [1.54, 1.807) is 0 Å². The molecule has 0 bridgehead atoms. The molecule has 0 spiro atoms. The summed E-state index contributed by atoms with van der Waals surface area (Å²) in [6.45, 7) is 0. The van der Waals surface area contributed by atoms with Gasteiger partial charge in [0, 0.05) is 21.6 Å². The van der Waals surface area contributed by atoms with E-state index in [4.69, 9.17) is 4.42 Å². The van der Waals surface area contributed by atoms with Crippen molar-refractivity contribution in [2.24, 2.45) is 0 Å². The van der Waals surface area contributed by atoms with Crippen LogP contribution in [0.4, 0.5) is 5.88 Å². The van der Waals surface area contributed by atoms with E-state index >= 15 is 0 Å². The van der Waals surface area contributed by atoms with Crippen LogP contribution in [-0.2, 0) is 0 Å². The predicted molar refractivity (Wildman–Crippen MR) is 111 cm³/mol. The van der Waals surface area contributed by atoms with E-state index in [1.807, 2.05) is 48.5 Å². The van der Waals surface area contributed by atoms with E-state index in [-0.39, 0.29) is 5.78 Å². The molecule has 3 aromatic rings. The molecule has 1 heterocycles. The number of rotatable bonds is 3. The van der Waals surface area contributed by atoms with Crippen molar-refractivity contribution < 1.29 is 9.21 Å². The molecule has 5 rings (SSSR count). The Morgan fingerprint density at radius 1 is 0.889 bits per heavy atom. The number of furan rings is 1. The maximum absolute atomic E-state index is 13.2. The van der Waals surface area contributed by atoms with Gasteiger partial charge in [-0.05, 0) is 30.5 Å². The molecule has 0 aliphatic heterocycles. The number of hydrogen-bond acceptors (Lipinski definition) is 3. The molecular formula is C23H20BrNO2. The first-order chi connectivity index (χ1) is 13.2. The third kappa shape index (κ3) is 2.83. The fourth-order valence-corrected chi connectivity index (χ4v) is 4.54. The first kappa shape index (κ1) is 16.8. The van der Waals surface area contributed by atoms with Crippen LogP contribution < -0.4 is 5.32 Å². The zero-order valence-electron chi connectivity index (χ0n) is 14.9. The molecule has 1 saturated carbocycles. The molecule has 0 unspecified atom stereocenters. The van der Waals surface area contributed by atoms with Crippen LogP contribution in [-0.4, -0.2) is 11.8 Å². The topological polar surface area (TPSA) is 42.2 Å². The Morgan fingerprint density at radius 3 is 2.33 bits per heavy atom. The number of anilines is 1. The van der Waals surface area contributed by atoms with E-state index in [1.165, 1.54) is 19.3 Å². The van der Waals surface area contributed by atoms with Crippen molar-refractivity contribution in [1.29, 1.82) is 0 Å². The number of nitrogens with one attached hydrogen (secondary N) is 1. The van der Waals surface area contributed by atoms with Crippen LogP contribution in [0.3, 0.4) is 0 Å². The van der Waals surface area contributed by atoms with Crippen LogP contribution in [0.25, 0.3) is 22.5 Å². The number of carbonyl (C=O) groups is 1. The van der Waals surface area contributed by atoms with Gasteiger partial charge in [-0.1, -0.05) is 71.6 Å². The molecule has 0 radical (unpaired) electrons. The predicted octanol–water partition coefficient (Wildman–Crippen LogP) is 6.67. The van der Waals surface area contributed by atoms with Crippen LogP contribution in [0.15, 0.2) is 57.4 Å². The highest BCUT2D eigenvalue weighted by molar-refractivity contribution is 9.10. The van der Waals surface area contributed by atoms with Crippen LogP contribution in [0.2, 0.25) is 0 Å². The number of hydrogen-bond donors (Lipinski definition) is 1. The van der Waals surface area contributed by atoms with Crippen LogP contribution in [0.5, 0.6) is 0 Å². The lowest BCUT2D eigenvalue weighted by Gasteiger charge is -2.23. The fraction of sp³-hybridized carbons (Fsp3) is 0.261. The number of benzene rings is 2. The van der Waals surface area contributed by atoms with E-state index in [0.29, 0.717) is 17.4 Å². The summed E-state index contributed by atoms with van der Waals surface area (Å²) in [5, 5.41) is 3.62. The summed E-state index contributed by atoms with van der Waals surface area (Å²) in [6.07, 6.45) is 6.10. The quantitative estimate of drug-likeness (QED) is 0.401. The Kier molecular flexibility index (Phi) is 4.16. The summed E-state index contributed by atoms with van der Waals surface area (Å²) in [6, 6.07) is 16.2. The molecule has 2 aliphatic rings. The maximum atomic E-state index is 13.2. The Balaban J connectivity index is 1.66. The molecule has 2 aliphatic carbocycles. The molecule has 1 fully saturated rings. The van der Waals surface area contributed by atoms with Crippen LogP contribution >= 0.6 is 15.9 Å². The van der Waals surface area contributed by atoms with Gasteiger partial charge in [-0.3, -0.25) is 4.79 Å². The minimum atomic E-state index is 0.0546. The average Bonchev–Trinajstić information content (AvgIpc) is 3.21. The molecule has 0 saturated heterocycles. The molecule has 4 heteroatoms. The van der Waals surface area contributed by atoms with Crippen molar-refractivity contribution in [3.8, 4) is 22.5 Å². The monoisotopic (exact) mass is 421 g/mol. The number of halogens is 1. The highest BCUT2D eigenvalue weighted by atomic mass is 79.9. The number of ketones is 1. The minimum absolute atomic E-state index is 0.0546. The molecule has 0 atom stereocenters. The summed E-state index contributed by atoms with van der Waals surface area (Å²) in [5.74, 6) is 1.46. The Morgan fingerprint density at radius 2 is 1.59 bits per heavy atom. The minimum Gasteiger partial charge on any atom is -0.439 e. The van der Waals surface area contributed by atoms with Crippen LogP contribution in [0, 0.1) is 0 Å². The second-order valence-electron chi connectivity index (χ2n) is 7.37. The molecule has 1 N–H and O–H groups in total. The first-order valence-electron chi connectivity index (χ1n) is 9.56. The maximum Gasteiger partial charge on any atom is 0.202 e. The van der Waals surface area contributed by atoms with Gasteiger partial charge in [-0.25, -0.2) is 0 Å². The second-order valence-corrected chi connectivity index (χ2v) is 8.29. The summed E-state index contributed by atoms with van der Waals surface area (Å²) in [5.41, 5.74) is 4.29. The standard InChI is InChI=1S/C23H20BrNO2/c24-15-12-10-14(11-13-15)22-20-19(17-8-4-5-9-18(17)21(20)26)23(27-22)25-16-6-2-1-3-7-16/h4-5,8-13,16,25H,1-3,6-7H2. The lowest BCUT2D eigenvalue weighted by Crippen LogP contribution is -2.22. The Labute approximate surface area is 166 Å². The summed E-state index contributed by atoms with van der Waals surface area (Å²) < 4.78 is 7.30. The van der Waals surface area contributed by atoms with Crippen LogP contribution in [0.1, 0.15) is 48.0 Å². The molecule has 3 nitrogen and oxygen atoms in total. The summed E-state index contributed by atoms with van der Waals surface area (Å²) in [4.78, 5) is 13.2. The lowest BCUT2D eigenvalue weighted by atomic mass is 9.95. The van der Waals surface area contributed by atoms with Gasteiger partial charge in [-0.2, -0.15) is 0 Å². The normalized spacial score (nSPS) is 16.3. The summed E-state index contributed by atoms with van der Waals surface area (Å²) in [7, 11) is 0. The zero-order valence-corrected chi connectivity index (χ0v) is 16.5. The van der Waals surface area contributed by atoms with Crippen molar-refractivity contribution in [3.05, 3.63) is 64.1 Å². The fourth-order valence-electron chi connectivity index (χ4n) is 4.28. The molecule has 2 aromatic carbocycles. The average molecular weight is 422 g/mol. The van der Waals surface area contributed by atoms with Crippen molar-refractivity contribution in [2.75, 3.05) is 5.32 Å². The SMILES string of the molecule is O=C1c2ccccc2-c2c(NC3CCCCC3)oc(-c3ccc(Br)cc3)c21. The Hall–Kier alpha value is -2.33. The van der Waals surface area contributed by atoms with Crippen molar-refractivity contribution in [3.63, 3.8) is 0 Å². The van der Waals surface area contributed by atoms with Gasteiger partial charge in [0.2, 0.25) is 5.88 Å². The van der Waals surface area contributed by atoms with Gasteiger partial charge >= 0.3 is 0 Å².